The Balaban J connectivity index is 2.16. The van der Waals surface area contributed by atoms with Gasteiger partial charge in [-0.1, -0.05) is 22.0 Å². The van der Waals surface area contributed by atoms with Crippen LogP contribution in [0.3, 0.4) is 0 Å². The minimum atomic E-state index is -2.82. The van der Waals surface area contributed by atoms with E-state index in [2.05, 4.69) is 20.8 Å². The summed E-state index contributed by atoms with van der Waals surface area (Å²) < 4.78 is 23.7. The average Bonchev–Trinajstić information content (AvgIpc) is 2.29. The van der Waals surface area contributed by atoms with Gasteiger partial charge in [-0.2, -0.15) is 0 Å². The van der Waals surface area contributed by atoms with E-state index in [9.17, 15) is 8.42 Å². The molecule has 0 atom stereocenters. The Morgan fingerprint density at radius 3 is 2.47 bits per heavy atom. The van der Waals surface area contributed by atoms with Crippen LogP contribution < -0.4 is 4.90 Å². The van der Waals surface area contributed by atoms with Gasteiger partial charge in [0, 0.05) is 29.1 Å². The van der Waals surface area contributed by atoms with E-state index < -0.39 is 9.84 Å². The summed E-state index contributed by atoms with van der Waals surface area (Å²) in [4.78, 5) is 2.09. The van der Waals surface area contributed by atoms with E-state index in [0.29, 0.717) is 19.0 Å². The van der Waals surface area contributed by atoms with Gasteiger partial charge in [0.15, 0.2) is 9.84 Å². The van der Waals surface area contributed by atoms with Crippen LogP contribution in [-0.4, -0.2) is 33.0 Å². The molecule has 1 aromatic carbocycles. The number of alkyl halides is 1. The Morgan fingerprint density at radius 2 is 1.94 bits per heavy atom. The lowest BCUT2D eigenvalue weighted by molar-refractivity contribution is 0.587. The number of hydrogen-bond acceptors (Lipinski definition) is 3. The molecule has 0 aromatic heterocycles. The minimum Gasteiger partial charge on any atom is -0.369 e. The quantitative estimate of drug-likeness (QED) is 0.777. The molecule has 0 N–H and O–H groups in total. The highest BCUT2D eigenvalue weighted by Crippen LogP contribution is 2.26. The maximum atomic E-state index is 11.3. The molecule has 17 heavy (non-hydrogen) atoms. The van der Waals surface area contributed by atoms with E-state index in [1.165, 1.54) is 0 Å². The zero-order chi connectivity index (χ0) is 12.5. The van der Waals surface area contributed by atoms with Crippen LogP contribution in [0.4, 0.5) is 5.69 Å². The van der Waals surface area contributed by atoms with Gasteiger partial charge in [0.1, 0.15) is 0 Å². The standard InChI is InChI=1S/C11H13BrClNO2S/c12-11-7-10(2-1-9(11)8-13)14-3-5-17(15,16)6-4-14/h1-2,7H,3-6,8H2. The maximum Gasteiger partial charge on any atom is 0.153 e. The third kappa shape index (κ3) is 3.14. The fraction of sp³-hybridized carbons (Fsp3) is 0.455. The Bertz CT molecular complexity index is 504. The lowest BCUT2D eigenvalue weighted by atomic mass is 10.2. The fourth-order valence-electron chi connectivity index (χ4n) is 1.81. The van der Waals surface area contributed by atoms with Crippen LogP contribution in [0, 0.1) is 0 Å². The van der Waals surface area contributed by atoms with Crippen molar-refractivity contribution in [1.82, 2.24) is 0 Å². The van der Waals surface area contributed by atoms with Crippen molar-refractivity contribution in [3.05, 3.63) is 28.2 Å². The molecular formula is C11H13BrClNO2S. The summed E-state index contributed by atoms with van der Waals surface area (Å²) >= 11 is 9.25. The second-order valence-corrected chi connectivity index (χ2v) is 7.47. The Morgan fingerprint density at radius 1 is 1.29 bits per heavy atom. The SMILES string of the molecule is O=S1(=O)CCN(c2ccc(CCl)c(Br)c2)CC1. The van der Waals surface area contributed by atoms with Gasteiger partial charge < -0.3 is 4.90 Å². The summed E-state index contributed by atoms with van der Waals surface area (Å²) in [6, 6.07) is 5.95. The first-order valence-electron chi connectivity index (χ1n) is 5.31. The monoisotopic (exact) mass is 337 g/mol. The zero-order valence-corrected chi connectivity index (χ0v) is 12.4. The van der Waals surface area contributed by atoms with Gasteiger partial charge >= 0.3 is 0 Å². The summed E-state index contributed by atoms with van der Waals surface area (Å²) in [5.41, 5.74) is 2.08. The van der Waals surface area contributed by atoms with Crippen molar-refractivity contribution in [3.63, 3.8) is 0 Å². The Labute approximate surface area is 115 Å². The first-order chi connectivity index (χ1) is 8.02. The lowest BCUT2D eigenvalue weighted by Gasteiger charge is -2.29. The number of halogens is 2. The predicted octanol–water partition coefficient (Wildman–Crippen LogP) is 2.42. The molecule has 0 aliphatic carbocycles. The molecule has 0 saturated carbocycles. The van der Waals surface area contributed by atoms with Crippen molar-refractivity contribution in [3.8, 4) is 0 Å². The van der Waals surface area contributed by atoms with Crippen molar-refractivity contribution in [2.24, 2.45) is 0 Å². The van der Waals surface area contributed by atoms with Crippen LogP contribution in [0.5, 0.6) is 0 Å². The zero-order valence-electron chi connectivity index (χ0n) is 9.20. The topological polar surface area (TPSA) is 37.4 Å². The van der Waals surface area contributed by atoms with E-state index in [0.717, 1.165) is 15.7 Å². The van der Waals surface area contributed by atoms with Crippen LogP contribution in [0.15, 0.2) is 22.7 Å². The van der Waals surface area contributed by atoms with Crippen LogP contribution in [0.1, 0.15) is 5.56 Å². The number of nitrogens with zero attached hydrogens (tertiary/aromatic N) is 1. The Kier molecular flexibility index (Phi) is 4.00. The molecule has 1 heterocycles. The second kappa shape index (κ2) is 5.16. The molecule has 0 unspecified atom stereocenters. The molecule has 6 heteroatoms. The number of rotatable bonds is 2. The first-order valence-corrected chi connectivity index (χ1v) is 8.46. The van der Waals surface area contributed by atoms with E-state index in [1.54, 1.807) is 0 Å². The highest BCUT2D eigenvalue weighted by Gasteiger charge is 2.21. The highest BCUT2D eigenvalue weighted by atomic mass is 79.9. The number of anilines is 1. The summed E-state index contributed by atoms with van der Waals surface area (Å²) in [6.07, 6.45) is 0. The third-order valence-corrected chi connectivity index (χ3v) is 5.53. The van der Waals surface area contributed by atoms with Crippen LogP contribution >= 0.6 is 27.5 Å². The van der Waals surface area contributed by atoms with Gasteiger partial charge in [-0.3, -0.25) is 0 Å². The molecule has 0 amide bonds. The smallest absolute Gasteiger partial charge is 0.153 e. The summed E-state index contributed by atoms with van der Waals surface area (Å²) in [6.45, 7) is 1.13. The molecule has 3 nitrogen and oxygen atoms in total. The van der Waals surface area contributed by atoms with E-state index in [4.69, 9.17) is 11.6 Å². The number of sulfone groups is 1. The van der Waals surface area contributed by atoms with Gasteiger partial charge in [0.2, 0.25) is 0 Å². The third-order valence-electron chi connectivity index (χ3n) is 2.89. The van der Waals surface area contributed by atoms with Gasteiger partial charge in [-0.05, 0) is 17.7 Å². The molecule has 1 aromatic rings. The molecule has 2 rings (SSSR count). The molecule has 1 fully saturated rings. The van der Waals surface area contributed by atoms with Gasteiger partial charge in [0.05, 0.1) is 11.5 Å². The van der Waals surface area contributed by atoms with Crippen molar-refractivity contribution < 1.29 is 8.42 Å². The lowest BCUT2D eigenvalue weighted by Crippen LogP contribution is -2.40. The highest BCUT2D eigenvalue weighted by molar-refractivity contribution is 9.10. The normalized spacial score (nSPS) is 19.3. The van der Waals surface area contributed by atoms with Crippen LogP contribution in [0.2, 0.25) is 0 Å². The molecule has 0 spiro atoms. The molecule has 1 saturated heterocycles. The van der Waals surface area contributed by atoms with Gasteiger partial charge in [-0.15, -0.1) is 11.6 Å². The average molecular weight is 339 g/mol. The van der Waals surface area contributed by atoms with Crippen LogP contribution in [0.25, 0.3) is 0 Å². The fourth-order valence-corrected chi connectivity index (χ4v) is 3.91. The second-order valence-electron chi connectivity index (χ2n) is 4.05. The molecule has 94 valence electrons. The van der Waals surface area contributed by atoms with Crippen molar-refractivity contribution in [1.29, 1.82) is 0 Å². The molecule has 0 radical (unpaired) electrons. The summed E-state index contributed by atoms with van der Waals surface area (Å²) in [7, 11) is -2.82. The van der Waals surface area contributed by atoms with Crippen molar-refractivity contribution >= 4 is 43.1 Å². The molecule has 0 bridgehead atoms. The van der Waals surface area contributed by atoms with Gasteiger partial charge in [-0.25, -0.2) is 8.42 Å². The van der Waals surface area contributed by atoms with Gasteiger partial charge in [0.25, 0.3) is 0 Å². The summed E-state index contributed by atoms with van der Waals surface area (Å²) in [5.74, 6) is 0.943. The summed E-state index contributed by atoms with van der Waals surface area (Å²) in [5, 5.41) is 0. The molecule has 1 aliphatic rings. The van der Waals surface area contributed by atoms with Crippen molar-refractivity contribution in [2.45, 2.75) is 5.88 Å². The Hall–Kier alpha value is -0.260. The maximum absolute atomic E-state index is 11.3. The van der Waals surface area contributed by atoms with E-state index >= 15 is 0 Å². The van der Waals surface area contributed by atoms with Crippen LogP contribution in [-0.2, 0) is 15.7 Å². The van der Waals surface area contributed by atoms with E-state index in [1.807, 2.05) is 18.2 Å². The number of benzene rings is 1. The van der Waals surface area contributed by atoms with E-state index in [-0.39, 0.29) is 11.5 Å². The minimum absolute atomic E-state index is 0.238. The largest absolute Gasteiger partial charge is 0.369 e. The predicted molar refractivity (Wildman–Crippen MR) is 74.6 cm³/mol. The number of hydrogen-bond donors (Lipinski definition) is 0. The van der Waals surface area contributed by atoms with Crippen molar-refractivity contribution in [2.75, 3.05) is 29.5 Å². The molecule has 1 aliphatic heterocycles. The first kappa shape index (κ1) is 13.2. The molecular weight excluding hydrogens is 326 g/mol.